The van der Waals surface area contributed by atoms with Gasteiger partial charge in [0.2, 0.25) is 5.91 Å². The minimum Gasteiger partial charge on any atom is -0.490 e. The number of nitrogens with one attached hydrogen (secondary N) is 2. The van der Waals surface area contributed by atoms with Crippen LogP contribution in [-0.4, -0.2) is 30.6 Å². The summed E-state index contributed by atoms with van der Waals surface area (Å²) in [6.45, 7) is 5.90. The summed E-state index contributed by atoms with van der Waals surface area (Å²) in [4.78, 5) is 36.2. The molecule has 0 heterocycles. The van der Waals surface area contributed by atoms with Gasteiger partial charge in [-0.25, -0.2) is 10.2 Å². The molecule has 0 spiro atoms. The van der Waals surface area contributed by atoms with Gasteiger partial charge in [0.15, 0.2) is 11.5 Å². The third kappa shape index (κ3) is 7.26. The van der Waals surface area contributed by atoms with Crippen molar-refractivity contribution in [1.82, 2.24) is 5.43 Å². The zero-order valence-corrected chi connectivity index (χ0v) is 19.8. The summed E-state index contributed by atoms with van der Waals surface area (Å²) in [6, 6.07) is 18.6. The van der Waals surface area contributed by atoms with Gasteiger partial charge in [0.1, 0.15) is 0 Å². The van der Waals surface area contributed by atoms with E-state index < -0.39 is 11.9 Å². The van der Waals surface area contributed by atoms with Crippen LogP contribution in [0.5, 0.6) is 11.5 Å². The molecule has 2 N–H and O–H groups in total. The second-order valence-electron chi connectivity index (χ2n) is 7.57. The predicted octanol–water partition coefficient (Wildman–Crippen LogP) is 4.73. The van der Waals surface area contributed by atoms with E-state index in [0.717, 1.165) is 5.56 Å². The number of hydrazone groups is 1. The smallest absolute Gasteiger partial charge is 0.343 e. The normalized spacial score (nSPS) is 10.6. The van der Waals surface area contributed by atoms with E-state index in [4.69, 9.17) is 9.47 Å². The van der Waals surface area contributed by atoms with Crippen LogP contribution in [0.4, 0.5) is 5.69 Å². The van der Waals surface area contributed by atoms with Gasteiger partial charge in [0.25, 0.3) is 5.91 Å². The molecule has 0 aliphatic carbocycles. The average Bonchev–Trinajstić information content (AvgIpc) is 2.86. The molecule has 0 radical (unpaired) electrons. The number of anilines is 1. The van der Waals surface area contributed by atoms with E-state index in [1.165, 1.54) is 6.21 Å². The predicted molar refractivity (Wildman–Crippen MR) is 134 cm³/mol. The highest BCUT2D eigenvalue weighted by Crippen LogP contribution is 2.29. The van der Waals surface area contributed by atoms with Crippen LogP contribution in [-0.2, 0) is 4.79 Å². The number of hydrogen-bond donors (Lipinski definition) is 2. The number of hydrogen-bond acceptors (Lipinski definition) is 6. The second kappa shape index (κ2) is 12.1. The standard InChI is InChI=1S/C27H27N3O5/c1-4-25(31)29-22-13-11-20(12-14-22)26(32)30-28-17-19-8-15-23(24(16-19)34-5-2)35-27(33)21-9-6-18(3)7-10-21/h6-17H,4-5H2,1-3H3,(H,29,31)(H,30,32). The highest BCUT2D eigenvalue weighted by atomic mass is 16.6. The van der Waals surface area contributed by atoms with E-state index in [0.29, 0.717) is 41.2 Å². The van der Waals surface area contributed by atoms with Crippen molar-refractivity contribution in [1.29, 1.82) is 0 Å². The fraction of sp³-hybridized carbons (Fsp3) is 0.185. The lowest BCUT2D eigenvalue weighted by Gasteiger charge is -2.11. The van der Waals surface area contributed by atoms with E-state index in [9.17, 15) is 14.4 Å². The number of amides is 2. The number of nitrogens with zero attached hydrogens (tertiary/aromatic N) is 1. The molecule has 0 aromatic heterocycles. The van der Waals surface area contributed by atoms with Crippen molar-refractivity contribution in [2.45, 2.75) is 27.2 Å². The highest BCUT2D eigenvalue weighted by Gasteiger charge is 2.13. The number of aryl methyl sites for hydroxylation is 1. The Bertz CT molecular complexity index is 1220. The van der Waals surface area contributed by atoms with Crippen LogP contribution in [0.3, 0.4) is 0 Å². The second-order valence-corrected chi connectivity index (χ2v) is 7.57. The largest absolute Gasteiger partial charge is 0.490 e. The van der Waals surface area contributed by atoms with Gasteiger partial charge in [-0.3, -0.25) is 9.59 Å². The van der Waals surface area contributed by atoms with Gasteiger partial charge in [-0.1, -0.05) is 24.6 Å². The van der Waals surface area contributed by atoms with E-state index in [2.05, 4.69) is 15.8 Å². The van der Waals surface area contributed by atoms with E-state index >= 15 is 0 Å². The Labute approximate surface area is 204 Å². The van der Waals surface area contributed by atoms with Crippen LogP contribution in [0.1, 0.15) is 52.1 Å². The summed E-state index contributed by atoms with van der Waals surface area (Å²) in [5.41, 5.74) is 5.59. The summed E-state index contributed by atoms with van der Waals surface area (Å²) in [5, 5.41) is 6.71. The Balaban J connectivity index is 1.64. The number of esters is 1. The highest BCUT2D eigenvalue weighted by molar-refractivity contribution is 5.96. The van der Waals surface area contributed by atoms with E-state index in [-0.39, 0.29) is 11.7 Å². The first-order valence-corrected chi connectivity index (χ1v) is 11.2. The molecule has 35 heavy (non-hydrogen) atoms. The van der Waals surface area contributed by atoms with Crippen LogP contribution < -0.4 is 20.2 Å². The minimum absolute atomic E-state index is 0.103. The van der Waals surface area contributed by atoms with Crippen molar-refractivity contribution in [3.8, 4) is 11.5 Å². The lowest BCUT2D eigenvalue weighted by atomic mass is 10.1. The van der Waals surface area contributed by atoms with Crippen LogP contribution in [0, 0.1) is 6.92 Å². The number of rotatable bonds is 9. The summed E-state index contributed by atoms with van der Waals surface area (Å²) in [7, 11) is 0. The molecule has 3 rings (SSSR count). The molecule has 8 nitrogen and oxygen atoms in total. The molecule has 0 saturated carbocycles. The summed E-state index contributed by atoms with van der Waals surface area (Å²) < 4.78 is 11.1. The molecule has 8 heteroatoms. The SMILES string of the molecule is CCOc1cc(C=NNC(=O)c2ccc(NC(=O)CC)cc2)ccc1OC(=O)c1ccc(C)cc1. The summed E-state index contributed by atoms with van der Waals surface area (Å²) in [5.74, 6) is -0.320. The fourth-order valence-electron chi connectivity index (χ4n) is 2.99. The molecular formula is C27H27N3O5. The van der Waals surface area contributed by atoms with Gasteiger partial charge >= 0.3 is 5.97 Å². The molecule has 0 aliphatic rings. The average molecular weight is 474 g/mol. The van der Waals surface area contributed by atoms with Crippen LogP contribution >= 0.6 is 0 Å². The van der Waals surface area contributed by atoms with Crippen molar-refractivity contribution >= 4 is 29.7 Å². The number of carbonyl (C=O) groups is 3. The quantitative estimate of drug-likeness (QED) is 0.202. The number of ether oxygens (including phenoxy) is 2. The summed E-state index contributed by atoms with van der Waals surface area (Å²) in [6.07, 6.45) is 1.83. The lowest BCUT2D eigenvalue weighted by molar-refractivity contribution is -0.115. The van der Waals surface area contributed by atoms with Gasteiger partial charge in [0.05, 0.1) is 18.4 Å². The third-order valence-electron chi connectivity index (χ3n) is 4.89. The lowest BCUT2D eigenvalue weighted by Crippen LogP contribution is -2.17. The Morgan fingerprint density at radius 3 is 2.23 bits per heavy atom. The van der Waals surface area contributed by atoms with Crippen LogP contribution in [0.2, 0.25) is 0 Å². The maximum atomic E-state index is 12.5. The molecule has 0 aliphatic heterocycles. The van der Waals surface area contributed by atoms with Gasteiger partial charge in [-0.15, -0.1) is 0 Å². The summed E-state index contributed by atoms with van der Waals surface area (Å²) >= 11 is 0. The third-order valence-corrected chi connectivity index (χ3v) is 4.89. The molecule has 0 fully saturated rings. The molecule has 0 unspecified atom stereocenters. The molecular weight excluding hydrogens is 446 g/mol. The Morgan fingerprint density at radius 1 is 0.886 bits per heavy atom. The molecule has 0 atom stereocenters. The fourth-order valence-corrected chi connectivity index (χ4v) is 2.99. The van der Waals surface area contributed by atoms with Crippen molar-refractivity contribution in [2.24, 2.45) is 5.10 Å². The molecule has 2 amide bonds. The number of benzene rings is 3. The van der Waals surface area contributed by atoms with Gasteiger partial charge in [-0.05, 0) is 74.0 Å². The monoisotopic (exact) mass is 473 g/mol. The van der Waals surface area contributed by atoms with E-state index in [1.54, 1.807) is 61.5 Å². The maximum Gasteiger partial charge on any atom is 0.343 e. The molecule has 0 bridgehead atoms. The Morgan fingerprint density at radius 2 is 1.57 bits per heavy atom. The first kappa shape index (κ1) is 25.2. The van der Waals surface area contributed by atoms with Crippen molar-refractivity contribution < 1.29 is 23.9 Å². The zero-order valence-electron chi connectivity index (χ0n) is 19.8. The molecule has 3 aromatic rings. The zero-order chi connectivity index (χ0) is 25.2. The first-order chi connectivity index (χ1) is 16.9. The van der Waals surface area contributed by atoms with Gasteiger partial charge in [-0.2, -0.15) is 5.10 Å². The number of carbonyl (C=O) groups excluding carboxylic acids is 3. The van der Waals surface area contributed by atoms with E-state index in [1.807, 2.05) is 26.0 Å². The van der Waals surface area contributed by atoms with Gasteiger partial charge in [0, 0.05) is 17.7 Å². The van der Waals surface area contributed by atoms with Crippen molar-refractivity contribution in [3.63, 3.8) is 0 Å². The molecule has 0 saturated heterocycles. The van der Waals surface area contributed by atoms with Crippen LogP contribution in [0.25, 0.3) is 0 Å². The van der Waals surface area contributed by atoms with Crippen LogP contribution in [0.15, 0.2) is 71.8 Å². The molecule has 3 aromatic carbocycles. The van der Waals surface area contributed by atoms with Gasteiger partial charge < -0.3 is 14.8 Å². The van der Waals surface area contributed by atoms with Crippen molar-refractivity contribution in [2.75, 3.05) is 11.9 Å². The van der Waals surface area contributed by atoms with Crippen molar-refractivity contribution in [3.05, 3.63) is 89.0 Å². The Kier molecular flexibility index (Phi) is 8.72. The Hall–Kier alpha value is -4.46. The topological polar surface area (TPSA) is 106 Å². The first-order valence-electron chi connectivity index (χ1n) is 11.2. The minimum atomic E-state index is -0.486. The molecule has 180 valence electrons. The maximum absolute atomic E-state index is 12.5.